The number of alkyl halides is 2. The number of hydrogen-bond acceptors (Lipinski definition) is 8. The average molecular weight is 527 g/mol. The molecule has 0 aliphatic carbocycles. The standard InChI is InChI=1S/C26H32F2N8O2/c27-23(28)24-31-19-3-1-2-4-20(19)36(24)22-15-21(32-26(33-22)34-11-13-38-14-12-34)30-18-7-10-35(16-18)25(37)17-5-8-29-9-6-17/h1-4,15,17-18,23,29H,5-14,16H2,(H,30,32,33)/t18-/m0/s1. The Morgan fingerprint density at radius 2 is 1.84 bits per heavy atom. The summed E-state index contributed by atoms with van der Waals surface area (Å²) in [5.74, 6) is 1.26. The van der Waals surface area contributed by atoms with Crippen LogP contribution in [0.25, 0.3) is 16.9 Å². The molecule has 1 amide bonds. The van der Waals surface area contributed by atoms with Crippen molar-refractivity contribution in [1.29, 1.82) is 0 Å². The SMILES string of the molecule is O=C(C1CCNCC1)N1CC[C@H](Nc2cc(-n3c(C(F)F)nc4ccccc43)nc(N3CCOCC3)n2)C1. The predicted molar refractivity (Wildman–Crippen MR) is 139 cm³/mol. The quantitative estimate of drug-likeness (QED) is 0.506. The van der Waals surface area contributed by atoms with E-state index in [1.54, 1.807) is 30.3 Å². The van der Waals surface area contributed by atoms with Gasteiger partial charge in [0.05, 0.1) is 24.2 Å². The Bertz CT molecular complexity index is 1290. The molecule has 2 N–H and O–H groups in total. The maximum Gasteiger partial charge on any atom is 0.296 e. The van der Waals surface area contributed by atoms with Gasteiger partial charge < -0.3 is 25.2 Å². The maximum atomic E-state index is 14.1. The highest BCUT2D eigenvalue weighted by Gasteiger charge is 2.32. The Hall–Kier alpha value is -3.38. The third kappa shape index (κ3) is 5.02. The van der Waals surface area contributed by atoms with Crippen molar-refractivity contribution in [2.24, 2.45) is 5.92 Å². The summed E-state index contributed by atoms with van der Waals surface area (Å²) in [7, 11) is 0. The van der Waals surface area contributed by atoms with Crippen molar-refractivity contribution in [2.75, 3.05) is 62.7 Å². The lowest BCUT2D eigenvalue weighted by Gasteiger charge is -2.28. The van der Waals surface area contributed by atoms with Gasteiger partial charge in [0.2, 0.25) is 11.9 Å². The first-order valence-electron chi connectivity index (χ1n) is 13.3. The molecule has 12 heteroatoms. The number of hydrogen-bond donors (Lipinski definition) is 2. The Kier molecular flexibility index (Phi) is 7.07. The van der Waals surface area contributed by atoms with E-state index in [0.717, 1.165) is 32.4 Å². The molecule has 3 saturated heterocycles. The minimum Gasteiger partial charge on any atom is -0.378 e. The van der Waals surface area contributed by atoms with Crippen LogP contribution in [0.5, 0.6) is 0 Å². The number of piperidine rings is 1. The molecule has 1 atom stereocenters. The summed E-state index contributed by atoms with van der Waals surface area (Å²) in [5.41, 5.74) is 1.03. The van der Waals surface area contributed by atoms with Gasteiger partial charge in [-0.15, -0.1) is 0 Å². The second kappa shape index (κ2) is 10.8. The highest BCUT2D eigenvalue weighted by atomic mass is 19.3. The average Bonchev–Trinajstić information content (AvgIpc) is 3.58. The number of morpholine rings is 1. The Labute approximate surface area is 219 Å². The lowest BCUT2D eigenvalue weighted by Crippen LogP contribution is -2.40. The van der Waals surface area contributed by atoms with Gasteiger partial charge in [-0.3, -0.25) is 9.36 Å². The fourth-order valence-electron chi connectivity index (χ4n) is 5.56. The number of halogens is 2. The fourth-order valence-corrected chi connectivity index (χ4v) is 5.56. The van der Waals surface area contributed by atoms with Crippen LogP contribution in [0.1, 0.15) is 31.5 Å². The smallest absolute Gasteiger partial charge is 0.296 e. The third-order valence-corrected chi connectivity index (χ3v) is 7.55. The van der Waals surface area contributed by atoms with Crippen LogP contribution in [0.3, 0.4) is 0 Å². The van der Waals surface area contributed by atoms with E-state index in [1.165, 1.54) is 4.57 Å². The number of amides is 1. The van der Waals surface area contributed by atoms with Gasteiger partial charge in [-0.2, -0.15) is 9.97 Å². The summed E-state index contributed by atoms with van der Waals surface area (Å²) in [6.45, 7) is 5.34. The van der Waals surface area contributed by atoms with Crippen LogP contribution in [0.15, 0.2) is 30.3 Å². The zero-order chi connectivity index (χ0) is 26.1. The molecular weight excluding hydrogens is 494 g/mol. The van der Waals surface area contributed by atoms with E-state index < -0.39 is 6.43 Å². The van der Waals surface area contributed by atoms with Crippen LogP contribution in [-0.2, 0) is 9.53 Å². The van der Waals surface area contributed by atoms with E-state index in [1.807, 2.05) is 9.80 Å². The molecule has 5 heterocycles. The third-order valence-electron chi connectivity index (χ3n) is 7.55. The summed E-state index contributed by atoms with van der Waals surface area (Å²) in [6.07, 6.45) is -0.238. The van der Waals surface area contributed by atoms with Crippen molar-refractivity contribution < 1.29 is 18.3 Å². The molecule has 1 aromatic carbocycles. The zero-order valence-electron chi connectivity index (χ0n) is 21.2. The van der Waals surface area contributed by atoms with Crippen LogP contribution in [0.2, 0.25) is 0 Å². The number of anilines is 2. The predicted octanol–water partition coefficient (Wildman–Crippen LogP) is 2.60. The molecule has 10 nitrogen and oxygen atoms in total. The Morgan fingerprint density at radius 3 is 2.63 bits per heavy atom. The fraction of sp³-hybridized carbons (Fsp3) is 0.538. The minimum atomic E-state index is -2.77. The number of likely N-dealkylation sites (tertiary alicyclic amines) is 1. The van der Waals surface area contributed by atoms with E-state index in [4.69, 9.17) is 14.7 Å². The van der Waals surface area contributed by atoms with Gasteiger partial charge in [0.15, 0.2) is 5.82 Å². The molecule has 3 fully saturated rings. The molecule has 38 heavy (non-hydrogen) atoms. The van der Waals surface area contributed by atoms with Crippen molar-refractivity contribution in [3.8, 4) is 5.82 Å². The van der Waals surface area contributed by atoms with E-state index >= 15 is 0 Å². The molecule has 0 spiro atoms. The number of nitrogens with one attached hydrogen (secondary N) is 2. The number of imidazole rings is 1. The summed E-state index contributed by atoms with van der Waals surface area (Å²) < 4.78 is 35.1. The van der Waals surface area contributed by atoms with Crippen LogP contribution in [0.4, 0.5) is 20.5 Å². The monoisotopic (exact) mass is 526 g/mol. The molecule has 0 unspecified atom stereocenters. The number of carbonyl (C=O) groups excluding carboxylic acids is 1. The molecule has 202 valence electrons. The van der Waals surface area contributed by atoms with Crippen molar-refractivity contribution >= 4 is 28.7 Å². The number of rotatable bonds is 6. The van der Waals surface area contributed by atoms with E-state index in [-0.39, 0.29) is 23.7 Å². The number of para-hydroxylation sites is 2. The summed E-state index contributed by atoms with van der Waals surface area (Å²) >= 11 is 0. The van der Waals surface area contributed by atoms with E-state index in [9.17, 15) is 13.6 Å². The summed E-state index contributed by atoms with van der Waals surface area (Å²) in [5, 5.41) is 6.78. The topological polar surface area (TPSA) is 100 Å². The second-order valence-electron chi connectivity index (χ2n) is 10.0. The van der Waals surface area contributed by atoms with Gasteiger partial charge >= 0.3 is 0 Å². The minimum absolute atomic E-state index is 0.00931. The lowest BCUT2D eigenvalue weighted by molar-refractivity contribution is -0.135. The number of nitrogens with zero attached hydrogens (tertiary/aromatic N) is 6. The number of carbonyl (C=O) groups is 1. The van der Waals surface area contributed by atoms with Gasteiger partial charge in [-0.1, -0.05) is 12.1 Å². The first kappa shape index (κ1) is 24.9. The van der Waals surface area contributed by atoms with Gasteiger partial charge in [-0.25, -0.2) is 13.8 Å². The molecule has 3 aromatic rings. The van der Waals surface area contributed by atoms with Gasteiger partial charge in [0, 0.05) is 44.2 Å². The highest BCUT2D eigenvalue weighted by molar-refractivity contribution is 5.80. The summed E-state index contributed by atoms with van der Waals surface area (Å²) in [4.78, 5) is 30.6. The Balaban J connectivity index is 1.30. The number of aromatic nitrogens is 4. The molecule has 3 aliphatic heterocycles. The largest absolute Gasteiger partial charge is 0.378 e. The molecule has 0 saturated carbocycles. The molecular formula is C26H32F2N8O2. The van der Waals surface area contributed by atoms with Crippen LogP contribution in [-0.4, -0.2) is 88.9 Å². The van der Waals surface area contributed by atoms with Crippen molar-refractivity contribution in [1.82, 2.24) is 29.7 Å². The molecule has 6 rings (SSSR count). The van der Waals surface area contributed by atoms with Crippen molar-refractivity contribution in [3.05, 3.63) is 36.2 Å². The molecule has 2 aromatic heterocycles. The maximum absolute atomic E-state index is 14.1. The van der Waals surface area contributed by atoms with Crippen LogP contribution >= 0.6 is 0 Å². The Morgan fingerprint density at radius 1 is 1.05 bits per heavy atom. The molecule has 0 radical (unpaired) electrons. The number of benzene rings is 1. The lowest BCUT2D eigenvalue weighted by atomic mass is 9.97. The summed E-state index contributed by atoms with van der Waals surface area (Å²) in [6, 6.07) is 8.76. The first-order valence-corrected chi connectivity index (χ1v) is 13.3. The van der Waals surface area contributed by atoms with Crippen molar-refractivity contribution in [2.45, 2.75) is 31.7 Å². The first-order chi connectivity index (χ1) is 18.6. The highest BCUT2D eigenvalue weighted by Crippen LogP contribution is 2.30. The normalized spacial score (nSPS) is 21.0. The van der Waals surface area contributed by atoms with E-state index in [2.05, 4.69) is 15.6 Å². The second-order valence-corrected chi connectivity index (χ2v) is 10.0. The molecule has 0 bridgehead atoms. The van der Waals surface area contributed by atoms with E-state index in [0.29, 0.717) is 68.0 Å². The van der Waals surface area contributed by atoms with Gasteiger partial charge in [0.1, 0.15) is 11.6 Å². The van der Waals surface area contributed by atoms with Crippen LogP contribution < -0.4 is 15.5 Å². The number of ether oxygens (including phenoxy) is 1. The van der Waals surface area contributed by atoms with Gasteiger partial charge in [0.25, 0.3) is 6.43 Å². The van der Waals surface area contributed by atoms with Crippen LogP contribution in [0, 0.1) is 5.92 Å². The zero-order valence-corrected chi connectivity index (χ0v) is 21.2. The van der Waals surface area contributed by atoms with Gasteiger partial charge in [-0.05, 0) is 44.5 Å². The van der Waals surface area contributed by atoms with Crippen molar-refractivity contribution in [3.63, 3.8) is 0 Å². The number of fused-ring (bicyclic) bond motifs is 1. The molecule has 3 aliphatic rings.